The van der Waals surface area contributed by atoms with Gasteiger partial charge in [-0.25, -0.2) is 4.79 Å². The maximum Gasteiger partial charge on any atom is 0.338 e. The lowest BCUT2D eigenvalue weighted by atomic mass is 9.91. The van der Waals surface area contributed by atoms with E-state index < -0.39 is 48.0 Å². The zero-order valence-corrected chi connectivity index (χ0v) is 23.6. The zero-order chi connectivity index (χ0) is 27.8. The number of esters is 1. The molecule has 9 atom stereocenters. The summed E-state index contributed by atoms with van der Waals surface area (Å²) in [6, 6.07) is 6.40. The summed E-state index contributed by atoms with van der Waals surface area (Å²) < 4.78 is 16.9. The number of benzene rings is 1. The Morgan fingerprint density at radius 1 is 1.16 bits per heavy atom. The second-order valence-corrected chi connectivity index (χ2v) is 11.6. The molecule has 4 N–H and O–H groups in total. The van der Waals surface area contributed by atoms with Gasteiger partial charge in [0.1, 0.15) is 36.5 Å². The number of carbonyl (C=O) groups is 2. The van der Waals surface area contributed by atoms with Crippen molar-refractivity contribution < 1.29 is 39.1 Å². The van der Waals surface area contributed by atoms with E-state index in [4.69, 9.17) is 14.2 Å². The molecule has 38 heavy (non-hydrogen) atoms. The molecule has 0 aromatic heterocycles. The molecule has 1 aliphatic carbocycles. The molecular formula is C28H43NO8S. The van der Waals surface area contributed by atoms with Crippen LogP contribution in [0.3, 0.4) is 0 Å². The van der Waals surface area contributed by atoms with Crippen LogP contribution in [0.15, 0.2) is 24.3 Å². The van der Waals surface area contributed by atoms with Gasteiger partial charge in [-0.1, -0.05) is 38.0 Å². The molecule has 1 saturated heterocycles. The van der Waals surface area contributed by atoms with Crippen molar-refractivity contribution in [1.29, 1.82) is 0 Å². The van der Waals surface area contributed by atoms with Gasteiger partial charge >= 0.3 is 5.97 Å². The SMILES string of the molecule is CCC[C@H]1CC[C@H](C(=O)N[C@@H]([C@H]2O[C@H](SCCOC(=O)c3ccccc3C)[C@H](O)[C@@H](O)[C@H]2O)[C@@H](C)OC)C1. The average molecular weight is 554 g/mol. The van der Waals surface area contributed by atoms with Crippen LogP contribution in [0, 0.1) is 18.8 Å². The molecule has 3 rings (SSSR count). The molecule has 1 aromatic carbocycles. The van der Waals surface area contributed by atoms with E-state index in [1.807, 2.05) is 19.1 Å². The minimum Gasteiger partial charge on any atom is -0.461 e. The van der Waals surface area contributed by atoms with Crippen molar-refractivity contribution in [3.63, 3.8) is 0 Å². The third kappa shape index (κ3) is 7.70. The molecule has 1 aliphatic heterocycles. The Bertz CT molecular complexity index is 917. The van der Waals surface area contributed by atoms with Gasteiger partial charge in [-0.3, -0.25) is 4.79 Å². The van der Waals surface area contributed by atoms with Crippen molar-refractivity contribution in [2.75, 3.05) is 19.5 Å². The topological polar surface area (TPSA) is 135 Å². The lowest BCUT2D eigenvalue weighted by molar-refractivity contribution is -0.212. The summed E-state index contributed by atoms with van der Waals surface area (Å²) in [5.41, 5.74) is 0.398. The van der Waals surface area contributed by atoms with Crippen LogP contribution in [0.4, 0.5) is 0 Å². The van der Waals surface area contributed by atoms with E-state index in [1.165, 1.54) is 18.9 Å². The molecule has 10 heteroatoms. The molecular weight excluding hydrogens is 510 g/mol. The minimum atomic E-state index is -1.48. The van der Waals surface area contributed by atoms with Gasteiger partial charge in [0, 0.05) is 18.8 Å². The van der Waals surface area contributed by atoms with Crippen molar-refractivity contribution in [2.45, 2.75) is 94.9 Å². The minimum absolute atomic E-state index is 0.0724. The van der Waals surface area contributed by atoms with Gasteiger partial charge in [-0.15, -0.1) is 11.8 Å². The fourth-order valence-corrected chi connectivity index (χ4v) is 6.34. The van der Waals surface area contributed by atoms with Crippen molar-refractivity contribution in [2.24, 2.45) is 11.8 Å². The van der Waals surface area contributed by atoms with E-state index in [1.54, 1.807) is 19.1 Å². The Kier molecular flexibility index (Phi) is 11.9. The van der Waals surface area contributed by atoms with E-state index in [0.29, 0.717) is 17.2 Å². The van der Waals surface area contributed by atoms with Crippen LogP contribution in [0.5, 0.6) is 0 Å². The maximum absolute atomic E-state index is 13.1. The van der Waals surface area contributed by atoms with Crippen LogP contribution in [-0.4, -0.2) is 88.7 Å². The molecule has 0 bridgehead atoms. The van der Waals surface area contributed by atoms with Gasteiger partial charge in [0.2, 0.25) is 5.91 Å². The first-order chi connectivity index (χ1) is 18.2. The molecule has 2 fully saturated rings. The molecule has 0 spiro atoms. The molecule has 1 aromatic rings. The second-order valence-electron chi connectivity index (χ2n) is 10.4. The van der Waals surface area contributed by atoms with Crippen molar-refractivity contribution in [3.8, 4) is 0 Å². The Morgan fingerprint density at radius 3 is 2.58 bits per heavy atom. The van der Waals surface area contributed by atoms with E-state index in [2.05, 4.69) is 12.2 Å². The summed E-state index contributed by atoms with van der Waals surface area (Å²) in [6.07, 6.45) is -0.923. The van der Waals surface area contributed by atoms with Gasteiger partial charge in [-0.2, -0.15) is 0 Å². The fourth-order valence-electron chi connectivity index (χ4n) is 5.37. The van der Waals surface area contributed by atoms with E-state index in [9.17, 15) is 24.9 Å². The quantitative estimate of drug-likeness (QED) is 0.227. The monoisotopic (exact) mass is 553 g/mol. The van der Waals surface area contributed by atoms with Crippen molar-refractivity contribution in [1.82, 2.24) is 5.32 Å². The molecule has 1 amide bonds. The van der Waals surface area contributed by atoms with E-state index in [0.717, 1.165) is 37.7 Å². The molecule has 0 unspecified atom stereocenters. The van der Waals surface area contributed by atoms with Gasteiger partial charge in [0.25, 0.3) is 0 Å². The number of ether oxygens (including phenoxy) is 3. The summed E-state index contributed by atoms with van der Waals surface area (Å²) in [6.45, 7) is 5.81. The first-order valence-corrected chi connectivity index (χ1v) is 14.6. The summed E-state index contributed by atoms with van der Waals surface area (Å²) >= 11 is 1.17. The number of aliphatic hydroxyl groups excluding tert-OH is 3. The third-order valence-corrected chi connectivity index (χ3v) is 8.84. The Labute approximate surface area is 229 Å². The largest absolute Gasteiger partial charge is 0.461 e. The Hall–Kier alpha value is -1.69. The first kappa shape index (κ1) is 30.8. The lowest BCUT2D eigenvalue weighted by Crippen LogP contribution is -2.65. The van der Waals surface area contributed by atoms with Gasteiger partial charge in [0.15, 0.2) is 0 Å². The van der Waals surface area contributed by atoms with Crippen LogP contribution in [0.1, 0.15) is 61.9 Å². The van der Waals surface area contributed by atoms with Gasteiger partial charge in [0.05, 0.1) is 17.7 Å². The van der Waals surface area contributed by atoms with Crippen molar-refractivity contribution >= 4 is 23.6 Å². The highest BCUT2D eigenvalue weighted by Crippen LogP contribution is 2.35. The molecule has 214 valence electrons. The van der Waals surface area contributed by atoms with Crippen LogP contribution in [0.2, 0.25) is 0 Å². The number of rotatable bonds is 12. The smallest absolute Gasteiger partial charge is 0.338 e. The summed E-state index contributed by atoms with van der Waals surface area (Å²) in [7, 11) is 1.51. The molecule has 9 nitrogen and oxygen atoms in total. The average Bonchev–Trinajstić information content (AvgIpc) is 3.38. The van der Waals surface area contributed by atoms with Crippen LogP contribution in [0.25, 0.3) is 0 Å². The number of hydrogen-bond acceptors (Lipinski definition) is 9. The van der Waals surface area contributed by atoms with Gasteiger partial charge in [-0.05, 0) is 50.7 Å². The highest BCUT2D eigenvalue weighted by atomic mass is 32.2. The number of methoxy groups -OCH3 is 1. The maximum atomic E-state index is 13.1. The van der Waals surface area contributed by atoms with Gasteiger partial charge < -0.3 is 34.8 Å². The normalized spacial score (nSPS) is 31.0. The number of hydrogen-bond donors (Lipinski definition) is 4. The van der Waals surface area contributed by atoms with Crippen LogP contribution in [-0.2, 0) is 19.0 Å². The highest BCUT2D eigenvalue weighted by Gasteiger charge is 2.48. The molecule has 1 heterocycles. The number of carbonyl (C=O) groups excluding carboxylic acids is 2. The predicted octanol–water partition coefficient (Wildman–Crippen LogP) is 2.43. The standard InChI is InChI=1S/C28H43NO8S/c1-5-8-18-11-12-19(15-18)26(33)29-21(17(3)35-4)25-23(31)22(30)24(32)28(37-25)38-14-13-36-27(34)20-10-7-6-9-16(20)2/h6-7,9-10,17-19,21-25,28,30-32H,5,8,11-15H2,1-4H3,(H,29,33)/t17-,18+,19+,21-,22+,23-,24-,25-,28-/m1/s1. The molecule has 0 radical (unpaired) electrons. The van der Waals surface area contributed by atoms with E-state index >= 15 is 0 Å². The van der Waals surface area contributed by atoms with Crippen LogP contribution >= 0.6 is 11.8 Å². The lowest BCUT2D eigenvalue weighted by Gasteiger charge is -2.44. The number of aliphatic hydroxyl groups is 3. The molecule has 1 saturated carbocycles. The summed E-state index contributed by atoms with van der Waals surface area (Å²) in [4.78, 5) is 25.5. The first-order valence-electron chi connectivity index (χ1n) is 13.5. The Morgan fingerprint density at radius 2 is 1.89 bits per heavy atom. The number of thioether (sulfide) groups is 1. The highest BCUT2D eigenvalue weighted by molar-refractivity contribution is 7.99. The summed E-state index contributed by atoms with van der Waals surface area (Å²) in [5, 5.41) is 35.0. The zero-order valence-electron chi connectivity index (χ0n) is 22.7. The number of amides is 1. The fraction of sp³-hybridized carbons (Fsp3) is 0.714. The Balaban J connectivity index is 1.60. The van der Waals surface area contributed by atoms with Crippen molar-refractivity contribution in [3.05, 3.63) is 35.4 Å². The van der Waals surface area contributed by atoms with Crippen LogP contribution < -0.4 is 5.32 Å². The second kappa shape index (κ2) is 14.6. The third-order valence-electron chi connectivity index (χ3n) is 7.72. The summed E-state index contributed by atoms with van der Waals surface area (Å²) in [5.74, 6) is 0.186. The number of aryl methyl sites for hydroxylation is 1. The number of nitrogens with one attached hydrogen (secondary N) is 1. The van der Waals surface area contributed by atoms with E-state index in [-0.39, 0.29) is 18.4 Å². The molecule has 2 aliphatic rings. The predicted molar refractivity (Wildman–Crippen MR) is 145 cm³/mol.